The SMILES string of the molecule is C=C(F)/C=C(\C=C(/C)F)C(C)(C)C. The number of hydrogen-bond acceptors (Lipinski definition) is 0. The van der Waals surface area contributed by atoms with Gasteiger partial charge >= 0.3 is 0 Å². The summed E-state index contributed by atoms with van der Waals surface area (Å²) in [6, 6.07) is 0. The van der Waals surface area contributed by atoms with E-state index in [9.17, 15) is 8.78 Å². The molecule has 0 aliphatic heterocycles. The fourth-order valence-corrected chi connectivity index (χ4v) is 0.858. The molecule has 0 fully saturated rings. The molecule has 0 heterocycles. The maximum atomic E-state index is 12.6. The summed E-state index contributed by atoms with van der Waals surface area (Å²) in [6.45, 7) is 10.1. The van der Waals surface area contributed by atoms with Crippen molar-refractivity contribution in [1.29, 1.82) is 0 Å². The minimum atomic E-state index is -0.553. The summed E-state index contributed by atoms with van der Waals surface area (Å²) in [6.07, 6.45) is 2.58. The van der Waals surface area contributed by atoms with Crippen molar-refractivity contribution >= 4 is 0 Å². The first-order chi connectivity index (χ1) is 5.73. The molecule has 13 heavy (non-hydrogen) atoms. The van der Waals surface area contributed by atoms with E-state index in [4.69, 9.17) is 0 Å². The lowest BCUT2D eigenvalue weighted by molar-refractivity contribution is 0.508. The molecule has 0 amide bonds. The summed E-state index contributed by atoms with van der Waals surface area (Å²) in [4.78, 5) is 0. The molecule has 0 aliphatic rings. The van der Waals surface area contributed by atoms with Gasteiger partial charge in [-0.25, -0.2) is 8.78 Å². The van der Waals surface area contributed by atoms with E-state index in [0.29, 0.717) is 5.57 Å². The molecular weight excluding hydrogens is 170 g/mol. The molecule has 0 saturated carbocycles. The Morgan fingerprint density at radius 2 is 1.62 bits per heavy atom. The van der Waals surface area contributed by atoms with E-state index in [1.165, 1.54) is 19.1 Å². The van der Waals surface area contributed by atoms with E-state index in [2.05, 4.69) is 6.58 Å². The second-order valence-electron chi connectivity index (χ2n) is 4.03. The molecule has 0 rings (SSSR count). The summed E-state index contributed by atoms with van der Waals surface area (Å²) in [5.41, 5.74) is 0.322. The molecule has 74 valence electrons. The largest absolute Gasteiger partial charge is 0.212 e. The Labute approximate surface area is 78.7 Å². The Morgan fingerprint density at radius 1 is 1.15 bits per heavy atom. The molecule has 0 aromatic carbocycles. The third-order valence-corrected chi connectivity index (χ3v) is 1.53. The van der Waals surface area contributed by atoms with Crippen LogP contribution in [0.2, 0.25) is 0 Å². The predicted octanol–water partition coefficient (Wildman–Crippen LogP) is 4.32. The van der Waals surface area contributed by atoms with Gasteiger partial charge in [0, 0.05) is 0 Å². The lowest BCUT2D eigenvalue weighted by Crippen LogP contribution is -2.07. The fraction of sp³-hybridized carbons (Fsp3) is 0.455. The molecule has 0 N–H and O–H groups in total. The van der Waals surface area contributed by atoms with Crippen molar-refractivity contribution in [3.63, 3.8) is 0 Å². The molecule has 0 aliphatic carbocycles. The first-order valence-corrected chi connectivity index (χ1v) is 4.14. The minimum Gasteiger partial charge on any atom is -0.212 e. The average Bonchev–Trinajstić information content (AvgIpc) is 1.81. The molecule has 0 bridgehead atoms. The Morgan fingerprint density at radius 3 is 1.85 bits per heavy atom. The summed E-state index contributed by atoms with van der Waals surface area (Å²) in [7, 11) is 0. The predicted molar refractivity (Wildman–Crippen MR) is 52.7 cm³/mol. The van der Waals surface area contributed by atoms with Crippen LogP contribution in [-0.2, 0) is 0 Å². The second-order valence-corrected chi connectivity index (χ2v) is 4.03. The van der Waals surface area contributed by atoms with Gasteiger partial charge in [0.25, 0.3) is 0 Å². The zero-order valence-electron chi connectivity index (χ0n) is 8.62. The van der Waals surface area contributed by atoms with Gasteiger partial charge in [0.1, 0.15) is 5.83 Å². The van der Waals surface area contributed by atoms with Crippen LogP contribution in [0.5, 0.6) is 0 Å². The summed E-state index contributed by atoms with van der Waals surface area (Å²) in [5.74, 6) is -0.884. The fourth-order valence-electron chi connectivity index (χ4n) is 0.858. The van der Waals surface area contributed by atoms with E-state index >= 15 is 0 Å². The molecule has 0 aromatic heterocycles. The molecule has 0 atom stereocenters. The topological polar surface area (TPSA) is 0 Å². The Hall–Kier alpha value is -0.920. The Kier molecular flexibility index (Phi) is 4.05. The highest BCUT2D eigenvalue weighted by Gasteiger charge is 2.15. The second kappa shape index (κ2) is 4.35. The van der Waals surface area contributed by atoms with Crippen LogP contribution in [0.25, 0.3) is 0 Å². The van der Waals surface area contributed by atoms with Crippen molar-refractivity contribution < 1.29 is 8.78 Å². The van der Waals surface area contributed by atoms with Crippen LogP contribution in [-0.4, -0.2) is 0 Å². The van der Waals surface area contributed by atoms with Crippen LogP contribution < -0.4 is 0 Å². The first-order valence-electron chi connectivity index (χ1n) is 4.14. The van der Waals surface area contributed by atoms with Crippen molar-refractivity contribution in [2.45, 2.75) is 27.7 Å². The van der Waals surface area contributed by atoms with Gasteiger partial charge in [-0.3, -0.25) is 0 Å². The number of hydrogen-bond donors (Lipinski definition) is 0. The zero-order chi connectivity index (χ0) is 10.6. The number of halogens is 2. The maximum absolute atomic E-state index is 12.6. The molecule has 0 aromatic rings. The number of allylic oxidation sites excluding steroid dienone is 5. The van der Waals surface area contributed by atoms with Gasteiger partial charge in [-0.1, -0.05) is 27.4 Å². The quantitative estimate of drug-likeness (QED) is 0.563. The van der Waals surface area contributed by atoms with Crippen LogP contribution in [0.3, 0.4) is 0 Å². The van der Waals surface area contributed by atoms with Gasteiger partial charge in [-0.2, -0.15) is 0 Å². The summed E-state index contributed by atoms with van der Waals surface area (Å²) < 4.78 is 25.1. The van der Waals surface area contributed by atoms with Gasteiger partial charge in [0.2, 0.25) is 0 Å². The molecule has 0 nitrogen and oxygen atoms in total. The summed E-state index contributed by atoms with van der Waals surface area (Å²) in [5, 5.41) is 0. The third kappa shape index (κ3) is 5.34. The lowest BCUT2D eigenvalue weighted by Gasteiger charge is -2.20. The van der Waals surface area contributed by atoms with Crippen LogP contribution in [0.4, 0.5) is 8.78 Å². The van der Waals surface area contributed by atoms with Crippen molar-refractivity contribution in [3.05, 3.63) is 36.0 Å². The molecule has 2 heteroatoms. The number of rotatable bonds is 2. The molecule has 0 spiro atoms. The zero-order valence-corrected chi connectivity index (χ0v) is 8.62. The van der Waals surface area contributed by atoms with Gasteiger partial charge in [0.05, 0.1) is 5.83 Å². The van der Waals surface area contributed by atoms with Crippen LogP contribution >= 0.6 is 0 Å². The average molecular weight is 186 g/mol. The smallest absolute Gasteiger partial charge is 0.116 e. The van der Waals surface area contributed by atoms with Crippen molar-refractivity contribution in [2.75, 3.05) is 0 Å². The van der Waals surface area contributed by atoms with Crippen LogP contribution in [0.1, 0.15) is 27.7 Å². The highest BCUT2D eigenvalue weighted by atomic mass is 19.1. The van der Waals surface area contributed by atoms with Crippen LogP contribution in [0.15, 0.2) is 36.0 Å². The minimum absolute atomic E-state index is 0.275. The highest BCUT2D eigenvalue weighted by molar-refractivity contribution is 5.31. The van der Waals surface area contributed by atoms with Gasteiger partial charge in [-0.05, 0) is 30.1 Å². The van der Waals surface area contributed by atoms with Crippen LogP contribution in [0, 0.1) is 5.41 Å². The highest BCUT2D eigenvalue weighted by Crippen LogP contribution is 2.28. The standard InChI is InChI=1S/C11H16F2/c1-8(12)6-10(7-9(2)13)11(3,4)5/h6-7H,1H2,2-5H3/b9-7+,10-6+. The van der Waals surface area contributed by atoms with Crippen molar-refractivity contribution in [3.8, 4) is 0 Å². The lowest BCUT2D eigenvalue weighted by atomic mass is 9.85. The van der Waals surface area contributed by atoms with Gasteiger partial charge in [0.15, 0.2) is 0 Å². The van der Waals surface area contributed by atoms with E-state index in [0.717, 1.165) is 0 Å². The van der Waals surface area contributed by atoms with Gasteiger partial charge < -0.3 is 0 Å². The van der Waals surface area contributed by atoms with Crippen molar-refractivity contribution in [2.24, 2.45) is 5.41 Å². The third-order valence-electron chi connectivity index (χ3n) is 1.53. The molecular formula is C11H16F2. The van der Waals surface area contributed by atoms with E-state index in [1.54, 1.807) is 0 Å². The Bertz CT molecular complexity index is 248. The van der Waals surface area contributed by atoms with Gasteiger partial charge in [-0.15, -0.1) is 0 Å². The molecule has 0 unspecified atom stereocenters. The van der Waals surface area contributed by atoms with E-state index < -0.39 is 5.83 Å². The van der Waals surface area contributed by atoms with E-state index in [1.807, 2.05) is 20.8 Å². The van der Waals surface area contributed by atoms with E-state index in [-0.39, 0.29) is 11.2 Å². The summed E-state index contributed by atoms with van der Waals surface area (Å²) >= 11 is 0. The first kappa shape index (κ1) is 12.1. The monoisotopic (exact) mass is 186 g/mol. The Balaban J connectivity index is 5.00. The molecule has 0 radical (unpaired) electrons. The molecule has 0 saturated heterocycles. The van der Waals surface area contributed by atoms with Crippen molar-refractivity contribution in [1.82, 2.24) is 0 Å². The normalized spacial score (nSPS) is 14.6. The maximum Gasteiger partial charge on any atom is 0.116 e.